The fourth-order valence-corrected chi connectivity index (χ4v) is 3.75. The Bertz CT molecular complexity index is 639. The van der Waals surface area contributed by atoms with Crippen LogP contribution in [-0.4, -0.2) is 42.9 Å². The average Bonchev–Trinajstić information content (AvgIpc) is 3.25. The molecule has 4 rings (SSSR count). The van der Waals surface area contributed by atoms with E-state index in [1.807, 2.05) is 17.6 Å². The van der Waals surface area contributed by atoms with Crippen LogP contribution >= 0.6 is 11.3 Å². The van der Waals surface area contributed by atoms with Crippen LogP contribution in [0.5, 0.6) is 11.5 Å². The number of benzene rings is 1. The number of hydrogen-bond donors (Lipinski definition) is 0. The van der Waals surface area contributed by atoms with Crippen LogP contribution < -0.4 is 14.4 Å². The van der Waals surface area contributed by atoms with Crippen molar-refractivity contribution >= 4 is 16.5 Å². The first-order chi connectivity index (χ1) is 10.8. The van der Waals surface area contributed by atoms with E-state index in [4.69, 9.17) is 9.47 Å². The molecule has 0 bridgehead atoms. The fraction of sp³-hybridized carbons (Fsp3) is 0.438. The Morgan fingerprint density at radius 2 is 1.95 bits per heavy atom. The number of anilines is 1. The number of ether oxygens (including phenoxy) is 2. The second-order valence-electron chi connectivity index (χ2n) is 5.63. The molecule has 1 saturated heterocycles. The Labute approximate surface area is 134 Å². The van der Waals surface area contributed by atoms with Crippen LogP contribution in [0.25, 0.3) is 0 Å². The summed E-state index contributed by atoms with van der Waals surface area (Å²) in [6.45, 7) is 6.76. The van der Waals surface area contributed by atoms with E-state index in [1.54, 1.807) is 11.3 Å². The molecule has 0 aliphatic carbocycles. The van der Waals surface area contributed by atoms with Crippen molar-refractivity contribution in [3.05, 3.63) is 35.3 Å². The minimum absolute atomic E-state index is 0.333. The Morgan fingerprint density at radius 3 is 2.73 bits per heavy atom. The van der Waals surface area contributed by atoms with Crippen molar-refractivity contribution in [3.63, 3.8) is 0 Å². The number of rotatable bonds is 3. The maximum atomic E-state index is 5.49. The molecule has 1 aromatic heterocycles. The molecule has 5 nitrogen and oxygen atoms in total. The number of fused-ring (bicyclic) bond motifs is 1. The molecule has 2 aliphatic rings. The zero-order valence-electron chi connectivity index (χ0n) is 12.6. The molecule has 116 valence electrons. The van der Waals surface area contributed by atoms with E-state index in [1.165, 1.54) is 5.56 Å². The van der Waals surface area contributed by atoms with Crippen molar-refractivity contribution < 1.29 is 9.47 Å². The maximum Gasteiger partial charge on any atom is 0.231 e. The average molecular weight is 317 g/mol. The van der Waals surface area contributed by atoms with Gasteiger partial charge in [0.25, 0.3) is 0 Å². The second kappa shape index (κ2) is 5.78. The Hall–Kier alpha value is -1.79. The third kappa shape index (κ3) is 2.53. The minimum Gasteiger partial charge on any atom is -0.454 e. The summed E-state index contributed by atoms with van der Waals surface area (Å²) in [7, 11) is 0. The van der Waals surface area contributed by atoms with Crippen molar-refractivity contribution in [2.24, 2.45) is 0 Å². The van der Waals surface area contributed by atoms with Crippen LogP contribution in [0.4, 0.5) is 5.13 Å². The van der Waals surface area contributed by atoms with Crippen molar-refractivity contribution in [2.75, 3.05) is 37.9 Å². The summed E-state index contributed by atoms with van der Waals surface area (Å²) >= 11 is 1.71. The fourth-order valence-electron chi connectivity index (χ4n) is 3.06. The van der Waals surface area contributed by atoms with Gasteiger partial charge in [0, 0.05) is 43.8 Å². The van der Waals surface area contributed by atoms with Gasteiger partial charge in [-0.05, 0) is 24.6 Å². The van der Waals surface area contributed by atoms with Gasteiger partial charge >= 0.3 is 0 Å². The molecule has 0 radical (unpaired) electrons. The molecule has 6 heteroatoms. The molecular weight excluding hydrogens is 298 g/mol. The highest BCUT2D eigenvalue weighted by molar-refractivity contribution is 7.13. The lowest BCUT2D eigenvalue weighted by Crippen LogP contribution is -2.47. The van der Waals surface area contributed by atoms with Gasteiger partial charge in [-0.3, -0.25) is 4.90 Å². The predicted octanol–water partition coefficient (Wildman–Crippen LogP) is 2.76. The van der Waals surface area contributed by atoms with Crippen molar-refractivity contribution in [3.8, 4) is 11.5 Å². The molecule has 1 unspecified atom stereocenters. The van der Waals surface area contributed by atoms with Crippen LogP contribution in [0, 0.1) is 0 Å². The lowest BCUT2D eigenvalue weighted by Gasteiger charge is -2.38. The van der Waals surface area contributed by atoms with Gasteiger partial charge in [0.05, 0.1) is 0 Å². The third-order valence-electron chi connectivity index (χ3n) is 4.43. The van der Waals surface area contributed by atoms with Gasteiger partial charge in [-0.1, -0.05) is 6.07 Å². The zero-order chi connectivity index (χ0) is 14.9. The SMILES string of the molecule is CC(c1ccc2c(c1)OCO2)N1CCN(c2nccs2)CC1. The standard InChI is InChI=1S/C16H19N3O2S/c1-12(13-2-3-14-15(10-13)21-11-20-14)18-5-7-19(8-6-18)16-17-4-9-22-16/h2-4,9-10,12H,5-8,11H2,1H3. The number of thiazole rings is 1. The molecule has 0 spiro atoms. The van der Waals surface area contributed by atoms with E-state index in [9.17, 15) is 0 Å². The molecule has 1 atom stereocenters. The van der Waals surface area contributed by atoms with E-state index in [0.29, 0.717) is 12.8 Å². The lowest BCUT2D eigenvalue weighted by atomic mass is 10.1. The largest absolute Gasteiger partial charge is 0.454 e. The third-order valence-corrected chi connectivity index (χ3v) is 5.26. The molecule has 2 aromatic rings. The van der Waals surface area contributed by atoms with Gasteiger partial charge in [0.15, 0.2) is 16.6 Å². The summed E-state index contributed by atoms with van der Waals surface area (Å²) < 4.78 is 10.9. The highest BCUT2D eigenvalue weighted by atomic mass is 32.1. The zero-order valence-corrected chi connectivity index (χ0v) is 13.4. The van der Waals surface area contributed by atoms with Crippen LogP contribution in [0.15, 0.2) is 29.8 Å². The summed E-state index contributed by atoms with van der Waals surface area (Å²) in [4.78, 5) is 9.29. The molecule has 0 saturated carbocycles. The van der Waals surface area contributed by atoms with Crippen molar-refractivity contribution in [1.82, 2.24) is 9.88 Å². The van der Waals surface area contributed by atoms with E-state index >= 15 is 0 Å². The highest BCUT2D eigenvalue weighted by Gasteiger charge is 2.24. The topological polar surface area (TPSA) is 37.8 Å². The molecule has 1 fully saturated rings. The summed E-state index contributed by atoms with van der Waals surface area (Å²) in [5, 5.41) is 3.17. The summed E-state index contributed by atoms with van der Waals surface area (Å²) in [5.41, 5.74) is 1.28. The van der Waals surface area contributed by atoms with Crippen molar-refractivity contribution in [2.45, 2.75) is 13.0 Å². The summed E-state index contributed by atoms with van der Waals surface area (Å²) in [5.74, 6) is 1.72. The van der Waals surface area contributed by atoms with Gasteiger partial charge in [-0.15, -0.1) is 11.3 Å². The van der Waals surface area contributed by atoms with E-state index in [0.717, 1.165) is 42.8 Å². The first kappa shape index (κ1) is 13.8. The van der Waals surface area contributed by atoms with E-state index < -0.39 is 0 Å². The van der Waals surface area contributed by atoms with Gasteiger partial charge < -0.3 is 14.4 Å². The minimum atomic E-state index is 0.333. The molecule has 2 aliphatic heterocycles. The van der Waals surface area contributed by atoms with Gasteiger partial charge in [0.1, 0.15) is 0 Å². The van der Waals surface area contributed by atoms with E-state index in [-0.39, 0.29) is 0 Å². The van der Waals surface area contributed by atoms with Crippen LogP contribution in [-0.2, 0) is 0 Å². The Kier molecular flexibility index (Phi) is 3.63. The van der Waals surface area contributed by atoms with Gasteiger partial charge in [0.2, 0.25) is 6.79 Å². The number of hydrogen-bond acceptors (Lipinski definition) is 6. The number of piperazine rings is 1. The van der Waals surface area contributed by atoms with Gasteiger partial charge in [-0.2, -0.15) is 0 Å². The van der Waals surface area contributed by atoms with Crippen LogP contribution in [0.3, 0.4) is 0 Å². The monoisotopic (exact) mass is 317 g/mol. The number of aromatic nitrogens is 1. The molecule has 22 heavy (non-hydrogen) atoms. The summed E-state index contributed by atoms with van der Waals surface area (Å²) in [6.07, 6.45) is 1.88. The lowest BCUT2D eigenvalue weighted by molar-refractivity contribution is 0.173. The molecular formula is C16H19N3O2S. The Balaban J connectivity index is 1.42. The quantitative estimate of drug-likeness (QED) is 0.870. The van der Waals surface area contributed by atoms with E-state index in [2.05, 4.69) is 33.8 Å². The maximum absolute atomic E-state index is 5.49. The van der Waals surface area contributed by atoms with Gasteiger partial charge in [-0.25, -0.2) is 4.98 Å². The number of nitrogens with zero attached hydrogens (tertiary/aromatic N) is 3. The molecule has 0 amide bonds. The molecule has 3 heterocycles. The normalized spacial score (nSPS) is 19.4. The highest BCUT2D eigenvalue weighted by Crippen LogP contribution is 2.35. The first-order valence-corrected chi connectivity index (χ1v) is 8.47. The van der Waals surface area contributed by atoms with Crippen molar-refractivity contribution in [1.29, 1.82) is 0 Å². The summed E-state index contributed by atoms with van der Waals surface area (Å²) in [6, 6.07) is 6.65. The first-order valence-electron chi connectivity index (χ1n) is 7.59. The van der Waals surface area contributed by atoms with Crippen LogP contribution in [0.2, 0.25) is 0 Å². The molecule has 1 aromatic carbocycles. The predicted molar refractivity (Wildman–Crippen MR) is 86.9 cm³/mol. The molecule has 0 N–H and O–H groups in total. The van der Waals surface area contributed by atoms with Crippen LogP contribution in [0.1, 0.15) is 18.5 Å². The Morgan fingerprint density at radius 1 is 1.14 bits per heavy atom. The second-order valence-corrected chi connectivity index (χ2v) is 6.50. The smallest absolute Gasteiger partial charge is 0.231 e.